The van der Waals surface area contributed by atoms with E-state index in [4.69, 9.17) is 16.3 Å². The van der Waals surface area contributed by atoms with Gasteiger partial charge in [-0.2, -0.15) is 4.31 Å². The Bertz CT molecular complexity index is 953. The number of benzene rings is 1. The van der Waals surface area contributed by atoms with Crippen LogP contribution in [0.4, 0.5) is 0 Å². The molecule has 1 aromatic carbocycles. The third kappa shape index (κ3) is 5.94. The van der Waals surface area contributed by atoms with Gasteiger partial charge in [-0.05, 0) is 62.1 Å². The van der Waals surface area contributed by atoms with Crippen LogP contribution in [0.2, 0.25) is 5.02 Å². The zero-order valence-corrected chi connectivity index (χ0v) is 18.7. The zero-order chi connectivity index (χ0) is 20.9. The minimum absolute atomic E-state index is 0.0850. The number of thiophene rings is 1. The average molecular weight is 457 g/mol. The molecule has 29 heavy (non-hydrogen) atoms. The lowest BCUT2D eigenvalue weighted by Crippen LogP contribution is -2.27. The van der Waals surface area contributed by atoms with Gasteiger partial charge in [-0.3, -0.25) is 4.79 Å². The second kappa shape index (κ2) is 9.93. The fourth-order valence-electron chi connectivity index (χ4n) is 3.05. The molecule has 0 atom stereocenters. The van der Waals surface area contributed by atoms with E-state index in [1.807, 2.05) is 13.0 Å². The molecule has 1 saturated heterocycles. The van der Waals surface area contributed by atoms with Crippen LogP contribution in [0.1, 0.15) is 36.1 Å². The molecular weight excluding hydrogens is 432 g/mol. The lowest BCUT2D eigenvalue weighted by Gasteiger charge is -2.13. The van der Waals surface area contributed by atoms with E-state index >= 15 is 0 Å². The quantitative estimate of drug-likeness (QED) is 0.579. The lowest BCUT2D eigenvalue weighted by atomic mass is 10.2. The van der Waals surface area contributed by atoms with E-state index in [9.17, 15) is 13.2 Å². The molecule has 2 heterocycles. The number of aryl methyl sites for hydroxylation is 1. The molecular formula is C20H25ClN2O4S2. The fraction of sp³-hybridized carbons (Fsp3) is 0.450. The summed E-state index contributed by atoms with van der Waals surface area (Å²) in [5.41, 5.74) is 0.948. The van der Waals surface area contributed by atoms with Crippen molar-refractivity contribution in [2.45, 2.75) is 43.4 Å². The number of sulfonamides is 1. The van der Waals surface area contributed by atoms with Gasteiger partial charge in [0.05, 0.1) is 13.2 Å². The number of nitrogens with one attached hydrogen (secondary N) is 1. The summed E-state index contributed by atoms with van der Waals surface area (Å²) in [5, 5.41) is 3.53. The number of carbonyl (C=O) groups is 1. The van der Waals surface area contributed by atoms with Crippen molar-refractivity contribution in [1.29, 1.82) is 0 Å². The first-order valence-corrected chi connectivity index (χ1v) is 12.2. The number of hydrogen-bond acceptors (Lipinski definition) is 5. The highest BCUT2D eigenvalue weighted by atomic mass is 35.5. The monoisotopic (exact) mass is 456 g/mol. The van der Waals surface area contributed by atoms with Gasteiger partial charge < -0.3 is 10.1 Å². The predicted octanol–water partition coefficient (Wildman–Crippen LogP) is 3.97. The minimum Gasteiger partial charge on any atom is -0.494 e. The summed E-state index contributed by atoms with van der Waals surface area (Å²) in [7, 11) is -3.39. The van der Waals surface area contributed by atoms with Gasteiger partial charge in [0.1, 0.15) is 9.96 Å². The van der Waals surface area contributed by atoms with E-state index in [0.717, 1.165) is 29.0 Å². The first kappa shape index (κ1) is 22.1. The molecule has 0 saturated carbocycles. The maximum absolute atomic E-state index is 12.5. The number of hydrogen-bond donors (Lipinski definition) is 1. The van der Waals surface area contributed by atoms with Crippen molar-refractivity contribution < 1.29 is 17.9 Å². The number of amides is 1. The van der Waals surface area contributed by atoms with Gasteiger partial charge in [0, 0.05) is 29.4 Å². The first-order valence-electron chi connectivity index (χ1n) is 9.61. The number of nitrogens with zero attached hydrogens (tertiary/aromatic N) is 1. The van der Waals surface area contributed by atoms with Crippen LogP contribution < -0.4 is 10.1 Å². The SMILES string of the molecule is Cc1cc(OCCCC(=O)NCc2ccc(S(=O)(=O)N3CCCC3)s2)ccc1Cl. The van der Waals surface area contributed by atoms with Gasteiger partial charge in [-0.15, -0.1) is 11.3 Å². The van der Waals surface area contributed by atoms with E-state index < -0.39 is 10.0 Å². The molecule has 1 aliphatic heterocycles. The molecule has 1 aromatic heterocycles. The topological polar surface area (TPSA) is 75.7 Å². The Morgan fingerprint density at radius 1 is 1.24 bits per heavy atom. The van der Waals surface area contributed by atoms with Crippen LogP contribution in [0.3, 0.4) is 0 Å². The van der Waals surface area contributed by atoms with Gasteiger partial charge in [-0.25, -0.2) is 8.42 Å². The molecule has 158 valence electrons. The maximum atomic E-state index is 12.5. The van der Waals surface area contributed by atoms with Crippen LogP contribution in [0, 0.1) is 6.92 Å². The molecule has 0 bridgehead atoms. The Hall–Kier alpha value is -1.61. The molecule has 0 radical (unpaired) electrons. The Labute approximate surface area is 180 Å². The lowest BCUT2D eigenvalue weighted by molar-refractivity contribution is -0.121. The molecule has 0 spiro atoms. The highest BCUT2D eigenvalue weighted by molar-refractivity contribution is 7.91. The van der Waals surface area contributed by atoms with Crippen molar-refractivity contribution in [3.05, 3.63) is 45.8 Å². The van der Waals surface area contributed by atoms with Crippen LogP contribution in [0.15, 0.2) is 34.5 Å². The molecule has 2 aromatic rings. The van der Waals surface area contributed by atoms with Crippen molar-refractivity contribution in [3.63, 3.8) is 0 Å². The van der Waals surface area contributed by atoms with E-state index in [-0.39, 0.29) is 5.91 Å². The maximum Gasteiger partial charge on any atom is 0.252 e. The van der Waals surface area contributed by atoms with Crippen LogP contribution in [-0.4, -0.2) is 38.3 Å². The largest absolute Gasteiger partial charge is 0.494 e. The summed E-state index contributed by atoms with van der Waals surface area (Å²) in [4.78, 5) is 12.9. The number of rotatable bonds is 9. The highest BCUT2D eigenvalue weighted by Gasteiger charge is 2.28. The van der Waals surface area contributed by atoms with Crippen molar-refractivity contribution in [3.8, 4) is 5.75 Å². The van der Waals surface area contributed by atoms with Gasteiger partial charge >= 0.3 is 0 Å². The summed E-state index contributed by atoms with van der Waals surface area (Å²) >= 11 is 7.20. The summed E-state index contributed by atoms with van der Waals surface area (Å²) < 4.78 is 32.6. The molecule has 1 fully saturated rings. The standard InChI is InChI=1S/C20H25ClN2O4S2/c1-15-13-16(6-8-18(15)21)27-12-4-5-19(24)22-14-17-7-9-20(28-17)29(25,26)23-10-2-3-11-23/h6-9,13H,2-5,10-12,14H2,1H3,(H,22,24). The minimum atomic E-state index is -3.39. The summed E-state index contributed by atoms with van der Waals surface area (Å²) in [6, 6.07) is 8.85. The predicted molar refractivity (Wildman–Crippen MR) is 115 cm³/mol. The van der Waals surface area contributed by atoms with Gasteiger partial charge in [0.25, 0.3) is 10.0 Å². The Balaban J connectivity index is 1.39. The second-order valence-electron chi connectivity index (χ2n) is 6.97. The average Bonchev–Trinajstić information content (AvgIpc) is 3.39. The number of carbonyl (C=O) groups excluding carboxylic acids is 1. The molecule has 9 heteroatoms. The van der Waals surface area contributed by atoms with Crippen LogP contribution in [0.25, 0.3) is 0 Å². The van der Waals surface area contributed by atoms with Gasteiger partial charge in [0.15, 0.2) is 0 Å². The van der Waals surface area contributed by atoms with Crippen molar-refractivity contribution in [2.24, 2.45) is 0 Å². The summed E-state index contributed by atoms with van der Waals surface area (Å²) in [6.07, 6.45) is 2.76. The van der Waals surface area contributed by atoms with E-state index in [1.165, 1.54) is 15.6 Å². The molecule has 0 aliphatic carbocycles. The van der Waals surface area contributed by atoms with Crippen molar-refractivity contribution in [1.82, 2.24) is 9.62 Å². The van der Waals surface area contributed by atoms with E-state index in [0.29, 0.717) is 48.3 Å². The molecule has 3 rings (SSSR count). The smallest absolute Gasteiger partial charge is 0.252 e. The third-order valence-corrected chi connectivity index (χ3v) is 8.58. The summed E-state index contributed by atoms with van der Waals surface area (Å²) in [6.45, 7) is 3.85. The Morgan fingerprint density at radius 3 is 2.72 bits per heavy atom. The number of ether oxygens (including phenoxy) is 1. The van der Waals surface area contributed by atoms with E-state index in [1.54, 1.807) is 24.3 Å². The molecule has 1 N–H and O–H groups in total. The highest BCUT2D eigenvalue weighted by Crippen LogP contribution is 2.27. The molecule has 1 aliphatic rings. The van der Waals surface area contributed by atoms with Crippen LogP contribution in [-0.2, 0) is 21.4 Å². The number of halogens is 1. The van der Waals surface area contributed by atoms with Gasteiger partial charge in [0.2, 0.25) is 5.91 Å². The van der Waals surface area contributed by atoms with Crippen LogP contribution in [0.5, 0.6) is 5.75 Å². The molecule has 1 amide bonds. The van der Waals surface area contributed by atoms with Gasteiger partial charge in [-0.1, -0.05) is 11.6 Å². The first-order chi connectivity index (χ1) is 13.9. The normalized spacial score (nSPS) is 14.8. The zero-order valence-electron chi connectivity index (χ0n) is 16.3. The second-order valence-corrected chi connectivity index (χ2v) is 10.7. The fourth-order valence-corrected chi connectivity index (χ4v) is 6.14. The molecule has 0 unspecified atom stereocenters. The molecule has 6 nitrogen and oxygen atoms in total. The van der Waals surface area contributed by atoms with Crippen molar-refractivity contribution in [2.75, 3.05) is 19.7 Å². The Morgan fingerprint density at radius 2 is 2.00 bits per heavy atom. The Kier molecular flexibility index (Phi) is 7.56. The third-order valence-electron chi connectivity index (χ3n) is 4.70. The van der Waals surface area contributed by atoms with Crippen molar-refractivity contribution >= 4 is 38.9 Å². The van der Waals surface area contributed by atoms with Crippen LogP contribution >= 0.6 is 22.9 Å². The van der Waals surface area contributed by atoms with E-state index in [2.05, 4.69) is 5.32 Å². The summed E-state index contributed by atoms with van der Waals surface area (Å²) in [5.74, 6) is 0.649.